The molecule has 0 spiro atoms. The minimum Gasteiger partial charge on any atom is -0.655 e. The standard InChI is InChI=1S/C11H15N3O5S.C2H4NO.Y/c1-3-8(11(15)12-2)13-20(18,19)10-7-5-4-6-9(10)14(16)17;1-3-2-4;/h4-8,13H,3H2,1-2H3,(H,12,15);1H3,(H,3,4);/q;-1;/p-1/t8-;;/m1../s1. The summed E-state index contributed by atoms with van der Waals surface area (Å²) in [7, 11) is -1.41. The van der Waals surface area contributed by atoms with E-state index in [1.807, 2.05) is 0 Å². The van der Waals surface area contributed by atoms with Crippen LogP contribution in [0.2, 0.25) is 0 Å². The maximum absolute atomic E-state index is 12.1. The Morgan fingerprint density at radius 1 is 1.40 bits per heavy atom. The number of para-hydroxylation sites is 1. The zero-order valence-electron chi connectivity index (χ0n) is 13.9. The first-order chi connectivity index (χ1) is 11.2. The van der Waals surface area contributed by atoms with E-state index >= 15 is 0 Å². The molecule has 0 aliphatic carbocycles. The predicted octanol–water partition coefficient (Wildman–Crippen LogP) is 0.452. The largest absolute Gasteiger partial charge is 0.655 e. The Hall–Kier alpha value is -1.43. The van der Waals surface area contributed by atoms with Crippen LogP contribution in [-0.4, -0.2) is 45.8 Å². The molecule has 0 saturated heterocycles. The van der Waals surface area contributed by atoms with Gasteiger partial charge in [-0.3, -0.25) is 10.1 Å². The first kappa shape index (κ1) is 25.8. The topological polar surface area (TPSA) is 150 Å². The molecule has 1 aromatic rings. The first-order valence-electron chi connectivity index (χ1n) is 6.68. The number of carbonyl (C=O) groups excluding carboxylic acids is 2. The van der Waals surface area contributed by atoms with Crippen molar-refractivity contribution < 1.29 is 55.6 Å². The molecule has 1 aromatic carbocycles. The van der Waals surface area contributed by atoms with E-state index in [2.05, 4.69) is 15.4 Å². The molecule has 0 saturated carbocycles. The van der Waals surface area contributed by atoms with Gasteiger partial charge in [0, 0.05) is 38.8 Å². The quantitative estimate of drug-likeness (QED) is 0.268. The molecule has 1 radical (unpaired) electrons. The monoisotopic (exact) mass is 447 g/mol. The number of nitrogens with one attached hydrogen (secondary N) is 2. The van der Waals surface area contributed by atoms with E-state index in [1.54, 1.807) is 6.92 Å². The van der Waals surface area contributed by atoms with Crippen LogP contribution in [0, 0.1) is 10.1 Å². The molecule has 137 valence electrons. The predicted molar refractivity (Wildman–Crippen MR) is 86.5 cm³/mol. The van der Waals surface area contributed by atoms with Crippen LogP contribution in [0.15, 0.2) is 29.2 Å². The number of hydrogen-bond acceptors (Lipinski definition) is 6. The molecule has 10 nitrogen and oxygen atoms in total. The number of benzene rings is 1. The van der Waals surface area contributed by atoms with Crippen molar-refractivity contribution in [2.24, 2.45) is 0 Å². The Kier molecular flexibility index (Phi) is 13.3. The smallest absolute Gasteiger partial charge is 0.289 e. The molecule has 0 unspecified atom stereocenters. The summed E-state index contributed by atoms with van der Waals surface area (Å²) in [6.45, 7) is 1.61. The van der Waals surface area contributed by atoms with Crippen molar-refractivity contribution in [3.8, 4) is 0 Å². The number of carbonyl (C=O) groups is 1. The average Bonchev–Trinajstić information content (AvgIpc) is 2.59. The number of nitro groups is 1. The van der Waals surface area contributed by atoms with Gasteiger partial charge in [-0.25, -0.2) is 13.1 Å². The van der Waals surface area contributed by atoms with Crippen LogP contribution in [0.3, 0.4) is 0 Å². The molecule has 2 N–H and O–H groups in total. The second-order valence-corrected chi connectivity index (χ2v) is 5.90. The molecule has 0 fully saturated rings. The molecule has 12 heteroatoms. The van der Waals surface area contributed by atoms with Crippen LogP contribution in [-0.2, 0) is 52.3 Å². The van der Waals surface area contributed by atoms with Crippen molar-refractivity contribution in [1.29, 1.82) is 0 Å². The molecule has 0 bridgehead atoms. The van der Waals surface area contributed by atoms with Crippen molar-refractivity contribution in [1.82, 2.24) is 10.0 Å². The number of nitrogens with zero attached hydrogens (tertiary/aromatic N) is 2. The van der Waals surface area contributed by atoms with Gasteiger partial charge in [0.25, 0.3) is 5.69 Å². The van der Waals surface area contributed by atoms with Gasteiger partial charge >= 0.3 is 0 Å². The number of likely N-dealkylation sites (N-methyl/N-ethyl adjacent to an activating group) is 1. The summed E-state index contributed by atoms with van der Waals surface area (Å²) >= 11 is 0. The van der Waals surface area contributed by atoms with Gasteiger partial charge in [0.2, 0.25) is 10.0 Å². The van der Waals surface area contributed by atoms with Crippen LogP contribution in [0.1, 0.15) is 13.3 Å². The summed E-state index contributed by atoms with van der Waals surface area (Å²) in [4.78, 5) is 30.0. The minimum absolute atomic E-state index is 0. The Balaban J connectivity index is 0. The van der Waals surface area contributed by atoms with Crippen LogP contribution in [0.4, 0.5) is 5.69 Å². The molecule has 0 heterocycles. The second kappa shape index (κ2) is 12.9. The molecular formula is C13H18N4O6SY-2. The van der Waals surface area contributed by atoms with Gasteiger partial charge in [0.15, 0.2) is 4.90 Å². The van der Waals surface area contributed by atoms with Crippen molar-refractivity contribution in [2.75, 3.05) is 14.1 Å². The normalized spacial score (nSPS) is 11.0. The zero-order valence-corrected chi connectivity index (χ0v) is 17.6. The number of sulfonamides is 1. The number of rotatable bonds is 7. The molecule has 0 aliphatic rings. The molecule has 25 heavy (non-hydrogen) atoms. The third kappa shape index (κ3) is 8.48. The van der Waals surface area contributed by atoms with Crippen LogP contribution < -0.4 is 10.0 Å². The molecule has 0 aliphatic heterocycles. The van der Waals surface area contributed by atoms with Gasteiger partial charge in [-0.15, -0.1) is 7.05 Å². The third-order valence-corrected chi connectivity index (χ3v) is 4.20. The van der Waals surface area contributed by atoms with Gasteiger partial charge in [-0.2, -0.15) is 6.41 Å². The fraction of sp³-hybridized carbons (Fsp3) is 0.385. The summed E-state index contributed by atoms with van der Waals surface area (Å²) in [5, 5.41) is 16.4. The van der Waals surface area contributed by atoms with E-state index in [9.17, 15) is 23.3 Å². The Bertz CT molecular complexity index is 683. The summed E-state index contributed by atoms with van der Waals surface area (Å²) in [5.74, 6) is -0.630. The van der Waals surface area contributed by atoms with Crippen LogP contribution >= 0.6 is 0 Å². The summed E-state index contributed by atoms with van der Waals surface area (Å²) in [5.41, 5.74) is -0.546. The average molecular weight is 447 g/mol. The number of nitro benzene ring substituents is 1. The minimum atomic E-state index is -4.17. The number of hydrogen-bond donors (Lipinski definition) is 2. The summed E-state index contributed by atoms with van der Waals surface area (Å²) < 4.78 is 26.4. The SMILES string of the molecule is CC[C@@H](NS(=O)(=O)c1ccccc1[N+](=O)[O-])C(=O)[N-]C.CN[C-]=O.[Y]. The van der Waals surface area contributed by atoms with Crippen LogP contribution in [0.5, 0.6) is 0 Å². The fourth-order valence-corrected chi connectivity index (χ4v) is 2.99. The molecule has 2 amide bonds. The van der Waals surface area contributed by atoms with Gasteiger partial charge < -0.3 is 20.2 Å². The zero-order chi connectivity index (χ0) is 18.8. The van der Waals surface area contributed by atoms with Gasteiger partial charge in [0.1, 0.15) is 0 Å². The van der Waals surface area contributed by atoms with Crippen molar-refractivity contribution in [3.05, 3.63) is 39.7 Å². The van der Waals surface area contributed by atoms with E-state index in [0.717, 1.165) is 12.1 Å². The van der Waals surface area contributed by atoms with E-state index < -0.39 is 37.5 Å². The Morgan fingerprint density at radius 3 is 2.32 bits per heavy atom. The summed E-state index contributed by atoms with van der Waals surface area (Å²) in [6.07, 6.45) is 1.62. The molecule has 1 rings (SSSR count). The fourth-order valence-electron chi connectivity index (χ4n) is 1.55. The molecule has 0 aromatic heterocycles. The van der Waals surface area contributed by atoms with E-state index in [-0.39, 0.29) is 39.1 Å². The third-order valence-electron chi connectivity index (χ3n) is 2.68. The maximum atomic E-state index is 12.1. The van der Waals surface area contributed by atoms with Gasteiger partial charge in [0.05, 0.1) is 16.9 Å². The second-order valence-electron chi connectivity index (χ2n) is 4.22. The van der Waals surface area contributed by atoms with Crippen molar-refractivity contribution >= 4 is 28.0 Å². The van der Waals surface area contributed by atoms with Gasteiger partial charge in [-0.1, -0.05) is 19.1 Å². The van der Waals surface area contributed by atoms with E-state index in [1.165, 1.54) is 32.6 Å². The first-order valence-corrected chi connectivity index (χ1v) is 8.16. The Labute approximate surface area is 171 Å². The molecular weight excluding hydrogens is 429 g/mol. The molecule has 1 atom stereocenters. The van der Waals surface area contributed by atoms with Crippen molar-refractivity contribution in [3.63, 3.8) is 0 Å². The maximum Gasteiger partial charge on any atom is 0.289 e. The van der Waals surface area contributed by atoms with Crippen LogP contribution in [0.25, 0.3) is 5.32 Å². The Morgan fingerprint density at radius 2 is 1.92 bits per heavy atom. The number of amides is 2. The van der Waals surface area contributed by atoms with E-state index in [4.69, 9.17) is 4.79 Å². The van der Waals surface area contributed by atoms with Crippen molar-refractivity contribution in [2.45, 2.75) is 24.3 Å². The van der Waals surface area contributed by atoms with Gasteiger partial charge in [-0.05, 0) is 19.5 Å². The van der Waals surface area contributed by atoms with E-state index in [0.29, 0.717) is 0 Å². The summed E-state index contributed by atoms with van der Waals surface area (Å²) in [6, 6.07) is 3.89.